The molecule has 0 spiro atoms. The molecule has 0 aliphatic rings. The molecule has 3 rings (SSSR count). The Balaban J connectivity index is 2.12. The van der Waals surface area contributed by atoms with Crippen LogP contribution in [-0.4, -0.2) is 4.98 Å². The van der Waals surface area contributed by atoms with E-state index >= 15 is 0 Å². The Kier molecular flexibility index (Phi) is 3.74. The van der Waals surface area contributed by atoms with Crippen molar-refractivity contribution in [1.29, 1.82) is 0 Å². The fraction of sp³-hybridized carbons (Fsp3) is 0.0625. The Morgan fingerprint density at radius 2 is 1.86 bits per heavy atom. The van der Waals surface area contributed by atoms with Gasteiger partial charge in [0, 0.05) is 43.5 Å². The minimum atomic E-state index is 0.689. The highest BCUT2D eigenvalue weighted by Gasteiger charge is 2.07. The number of fused-ring (bicyclic) bond motifs is 1. The molecule has 0 aliphatic carbocycles. The fourth-order valence-electron chi connectivity index (χ4n) is 2.21. The van der Waals surface area contributed by atoms with Gasteiger partial charge in [0.2, 0.25) is 0 Å². The topological polar surface area (TPSA) is 50.9 Å². The van der Waals surface area contributed by atoms with Crippen LogP contribution in [0, 0.1) is 6.92 Å². The molecule has 0 amide bonds. The average molecular weight is 363 g/mol. The Morgan fingerprint density at radius 3 is 2.62 bits per heavy atom. The standard InChI is InChI=1S/C16H13BrClN3/c1-9-6-11-12(8-20-9)14(19)3-5-15(11)21-16-4-2-10(18)7-13(16)17/h2-8,21H,19H2,1H3. The van der Waals surface area contributed by atoms with Crippen molar-refractivity contribution in [2.24, 2.45) is 0 Å². The van der Waals surface area contributed by atoms with Gasteiger partial charge >= 0.3 is 0 Å². The van der Waals surface area contributed by atoms with Crippen LogP contribution in [0.2, 0.25) is 5.02 Å². The first-order chi connectivity index (χ1) is 10.0. The molecule has 0 fully saturated rings. The van der Waals surface area contributed by atoms with E-state index in [0.717, 1.165) is 38.0 Å². The summed E-state index contributed by atoms with van der Waals surface area (Å²) in [6.45, 7) is 1.96. The molecule has 0 saturated heterocycles. The number of nitrogens with zero attached hydrogens (tertiary/aromatic N) is 1. The van der Waals surface area contributed by atoms with E-state index < -0.39 is 0 Å². The summed E-state index contributed by atoms with van der Waals surface area (Å²) in [5, 5.41) is 6.08. The van der Waals surface area contributed by atoms with Crippen LogP contribution >= 0.6 is 27.5 Å². The smallest absolute Gasteiger partial charge is 0.0529 e. The van der Waals surface area contributed by atoms with Gasteiger partial charge in [0.15, 0.2) is 0 Å². The SMILES string of the molecule is Cc1cc2c(Nc3ccc(Cl)cc3Br)ccc(N)c2cn1. The number of pyridine rings is 1. The molecule has 2 aromatic carbocycles. The molecule has 1 heterocycles. The molecule has 0 radical (unpaired) electrons. The molecular formula is C16H13BrClN3. The zero-order chi connectivity index (χ0) is 15.0. The summed E-state index contributed by atoms with van der Waals surface area (Å²) >= 11 is 9.49. The van der Waals surface area contributed by atoms with E-state index in [0.29, 0.717) is 5.02 Å². The second-order valence-corrected chi connectivity index (χ2v) is 6.11. The maximum absolute atomic E-state index is 6.02. The summed E-state index contributed by atoms with van der Waals surface area (Å²) < 4.78 is 0.908. The third-order valence-electron chi connectivity index (χ3n) is 3.27. The van der Waals surface area contributed by atoms with Crippen molar-refractivity contribution in [3.8, 4) is 0 Å². The Labute approximate surface area is 136 Å². The Morgan fingerprint density at radius 1 is 1.10 bits per heavy atom. The van der Waals surface area contributed by atoms with Crippen LogP contribution < -0.4 is 11.1 Å². The van der Waals surface area contributed by atoms with Crippen LogP contribution in [0.3, 0.4) is 0 Å². The number of nitrogen functional groups attached to an aromatic ring is 1. The van der Waals surface area contributed by atoms with Gasteiger partial charge in [-0.1, -0.05) is 11.6 Å². The molecule has 0 aliphatic heterocycles. The predicted molar refractivity (Wildman–Crippen MR) is 93.3 cm³/mol. The van der Waals surface area contributed by atoms with Crippen LogP contribution in [0.25, 0.3) is 10.8 Å². The van der Waals surface area contributed by atoms with Gasteiger partial charge < -0.3 is 11.1 Å². The molecule has 0 unspecified atom stereocenters. The molecular weight excluding hydrogens is 350 g/mol. The van der Waals surface area contributed by atoms with Gasteiger partial charge in [0.1, 0.15) is 0 Å². The third-order valence-corrected chi connectivity index (χ3v) is 4.16. The molecule has 106 valence electrons. The second-order valence-electron chi connectivity index (χ2n) is 4.82. The minimum Gasteiger partial charge on any atom is -0.398 e. The molecule has 0 saturated carbocycles. The number of rotatable bonds is 2. The van der Waals surface area contributed by atoms with Crippen molar-refractivity contribution in [3.05, 3.63) is 57.8 Å². The van der Waals surface area contributed by atoms with Gasteiger partial charge in [-0.3, -0.25) is 4.98 Å². The van der Waals surface area contributed by atoms with Gasteiger partial charge in [0.05, 0.1) is 5.69 Å². The monoisotopic (exact) mass is 361 g/mol. The molecule has 21 heavy (non-hydrogen) atoms. The first-order valence-corrected chi connectivity index (χ1v) is 7.58. The zero-order valence-corrected chi connectivity index (χ0v) is 13.7. The summed E-state index contributed by atoms with van der Waals surface area (Å²) in [6, 6.07) is 11.5. The minimum absolute atomic E-state index is 0.689. The fourth-order valence-corrected chi connectivity index (χ4v) is 2.99. The summed E-state index contributed by atoms with van der Waals surface area (Å²) in [6.07, 6.45) is 1.81. The Bertz CT molecular complexity index is 833. The van der Waals surface area contributed by atoms with Gasteiger partial charge in [-0.2, -0.15) is 0 Å². The van der Waals surface area contributed by atoms with Crippen molar-refractivity contribution in [3.63, 3.8) is 0 Å². The van der Waals surface area contributed by atoms with E-state index in [1.807, 2.05) is 49.5 Å². The molecule has 3 aromatic rings. The number of nitrogens with one attached hydrogen (secondary N) is 1. The number of aromatic nitrogens is 1. The van der Waals surface area contributed by atoms with Crippen molar-refractivity contribution in [1.82, 2.24) is 4.98 Å². The Hall–Kier alpha value is -1.78. The number of hydrogen-bond donors (Lipinski definition) is 2. The van der Waals surface area contributed by atoms with Crippen LogP contribution in [0.5, 0.6) is 0 Å². The molecule has 3 N–H and O–H groups in total. The highest BCUT2D eigenvalue weighted by molar-refractivity contribution is 9.10. The van der Waals surface area contributed by atoms with E-state index in [1.165, 1.54) is 0 Å². The van der Waals surface area contributed by atoms with Crippen LogP contribution in [0.1, 0.15) is 5.69 Å². The zero-order valence-electron chi connectivity index (χ0n) is 11.3. The predicted octanol–water partition coefficient (Wildman–Crippen LogP) is 5.28. The molecule has 0 atom stereocenters. The van der Waals surface area contributed by atoms with Crippen molar-refractivity contribution >= 4 is 55.4 Å². The lowest BCUT2D eigenvalue weighted by Gasteiger charge is -2.13. The van der Waals surface area contributed by atoms with E-state index in [1.54, 1.807) is 0 Å². The number of anilines is 3. The van der Waals surface area contributed by atoms with Crippen LogP contribution in [0.15, 0.2) is 47.1 Å². The van der Waals surface area contributed by atoms with Gasteiger partial charge in [-0.15, -0.1) is 0 Å². The highest BCUT2D eigenvalue weighted by atomic mass is 79.9. The van der Waals surface area contributed by atoms with E-state index in [9.17, 15) is 0 Å². The molecule has 5 heteroatoms. The summed E-state index contributed by atoms with van der Waals surface area (Å²) in [4.78, 5) is 4.31. The van der Waals surface area contributed by atoms with E-state index in [2.05, 4.69) is 26.2 Å². The summed E-state index contributed by atoms with van der Waals surface area (Å²) in [5.41, 5.74) is 9.62. The lowest BCUT2D eigenvalue weighted by atomic mass is 10.1. The van der Waals surface area contributed by atoms with E-state index in [-0.39, 0.29) is 0 Å². The van der Waals surface area contributed by atoms with Crippen molar-refractivity contribution < 1.29 is 0 Å². The molecule has 1 aromatic heterocycles. The summed E-state index contributed by atoms with van der Waals surface area (Å²) in [7, 11) is 0. The van der Waals surface area contributed by atoms with Crippen molar-refractivity contribution in [2.45, 2.75) is 6.92 Å². The largest absolute Gasteiger partial charge is 0.398 e. The van der Waals surface area contributed by atoms with Gasteiger partial charge in [-0.25, -0.2) is 0 Å². The number of aryl methyl sites for hydroxylation is 1. The number of benzene rings is 2. The first-order valence-electron chi connectivity index (χ1n) is 6.41. The van der Waals surface area contributed by atoms with Gasteiger partial charge in [0.25, 0.3) is 0 Å². The average Bonchev–Trinajstić information content (AvgIpc) is 2.44. The number of halogens is 2. The first kappa shape index (κ1) is 14.2. The van der Waals surface area contributed by atoms with Crippen LogP contribution in [0.4, 0.5) is 17.1 Å². The number of hydrogen-bond acceptors (Lipinski definition) is 3. The number of nitrogens with two attached hydrogens (primary N) is 1. The molecule has 3 nitrogen and oxygen atoms in total. The summed E-state index contributed by atoms with van der Waals surface area (Å²) in [5.74, 6) is 0. The van der Waals surface area contributed by atoms with Gasteiger partial charge in [-0.05, 0) is 59.3 Å². The highest BCUT2D eigenvalue weighted by Crippen LogP contribution is 2.33. The molecule has 0 bridgehead atoms. The lowest BCUT2D eigenvalue weighted by Crippen LogP contribution is -1.96. The normalized spacial score (nSPS) is 10.8. The lowest BCUT2D eigenvalue weighted by molar-refractivity contribution is 1.22. The second kappa shape index (κ2) is 5.54. The van der Waals surface area contributed by atoms with Crippen molar-refractivity contribution in [2.75, 3.05) is 11.1 Å². The van der Waals surface area contributed by atoms with E-state index in [4.69, 9.17) is 17.3 Å². The third kappa shape index (κ3) is 2.82. The quantitative estimate of drug-likeness (QED) is 0.609. The van der Waals surface area contributed by atoms with Crippen LogP contribution in [-0.2, 0) is 0 Å². The maximum atomic E-state index is 6.02. The maximum Gasteiger partial charge on any atom is 0.0529 e.